The van der Waals surface area contributed by atoms with Crippen molar-refractivity contribution in [3.05, 3.63) is 23.7 Å². The summed E-state index contributed by atoms with van der Waals surface area (Å²) in [5, 5.41) is 1.68. The van der Waals surface area contributed by atoms with Crippen LogP contribution in [0.2, 0.25) is 0 Å². The van der Waals surface area contributed by atoms with E-state index < -0.39 is 18.6 Å². The van der Waals surface area contributed by atoms with Crippen LogP contribution in [0.4, 0.5) is 13.2 Å². The number of nitrogens with two attached hydrogens (primary N) is 1. The number of alkyl halides is 3. The molecule has 0 aliphatic rings. The SMILES string of the molecule is NCc1ccc(C(=O)NCC(F)(F)F)o1. The van der Waals surface area contributed by atoms with Gasteiger partial charge < -0.3 is 15.5 Å². The number of nitrogens with one attached hydrogen (secondary N) is 1. The Morgan fingerprint density at radius 2 is 2.13 bits per heavy atom. The van der Waals surface area contributed by atoms with Gasteiger partial charge in [-0.3, -0.25) is 4.79 Å². The molecule has 84 valence electrons. The molecule has 0 aliphatic heterocycles. The fraction of sp³-hybridized carbons (Fsp3) is 0.375. The topological polar surface area (TPSA) is 68.3 Å². The molecule has 7 heteroatoms. The third-order valence-electron chi connectivity index (χ3n) is 1.54. The molecular formula is C8H9F3N2O2. The highest BCUT2D eigenvalue weighted by atomic mass is 19.4. The Kier molecular flexibility index (Phi) is 3.35. The first kappa shape index (κ1) is 11.6. The number of halogens is 3. The smallest absolute Gasteiger partial charge is 0.405 e. The van der Waals surface area contributed by atoms with E-state index in [-0.39, 0.29) is 12.3 Å². The van der Waals surface area contributed by atoms with Gasteiger partial charge in [0.2, 0.25) is 0 Å². The van der Waals surface area contributed by atoms with Gasteiger partial charge in [-0.1, -0.05) is 0 Å². The van der Waals surface area contributed by atoms with Gasteiger partial charge in [-0.15, -0.1) is 0 Å². The van der Waals surface area contributed by atoms with Crippen molar-refractivity contribution in [1.82, 2.24) is 5.32 Å². The molecule has 0 radical (unpaired) electrons. The van der Waals surface area contributed by atoms with Gasteiger partial charge in [0.1, 0.15) is 12.3 Å². The lowest BCUT2D eigenvalue weighted by atomic mass is 10.4. The maximum Gasteiger partial charge on any atom is 0.405 e. The highest BCUT2D eigenvalue weighted by Gasteiger charge is 2.28. The van der Waals surface area contributed by atoms with Gasteiger partial charge in [0, 0.05) is 0 Å². The van der Waals surface area contributed by atoms with Crippen LogP contribution in [-0.4, -0.2) is 18.6 Å². The first-order valence-corrected chi connectivity index (χ1v) is 4.06. The van der Waals surface area contributed by atoms with Crippen molar-refractivity contribution >= 4 is 5.91 Å². The van der Waals surface area contributed by atoms with E-state index in [9.17, 15) is 18.0 Å². The predicted molar refractivity (Wildman–Crippen MR) is 45.0 cm³/mol. The highest BCUT2D eigenvalue weighted by molar-refractivity contribution is 5.91. The first-order valence-electron chi connectivity index (χ1n) is 4.06. The fourth-order valence-electron chi connectivity index (χ4n) is 0.877. The summed E-state index contributed by atoms with van der Waals surface area (Å²) >= 11 is 0. The van der Waals surface area contributed by atoms with Crippen molar-refractivity contribution < 1.29 is 22.4 Å². The second-order valence-corrected chi connectivity index (χ2v) is 2.77. The van der Waals surface area contributed by atoms with Crippen LogP contribution in [0.15, 0.2) is 16.5 Å². The van der Waals surface area contributed by atoms with Crippen LogP contribution >= 0.6 is 0 Å². The molecule has 15 heavy (non-hydrogen) atoms. The minimum Gasteiger partial charge on any atom is -0.455 e. The van der Waals surface area contributed by atoms with Crippen molar-refractivity contribution in [3.63, 3.8) is 0 Å². The molecule has 0 saturated heterocycles. The van der Waals surface area contributed by atoms with Crippen molar-refractivity contribution in [2.45, 2.75) is 12.7 Å². The summed E-state index contributed by atoms with van der Waals surface area (Å²) in [5.74, 6) is -0.751. The van der Waals surface area contributed by atoms with Crippen LogP contribution in [0.3, 0.4) is 0 Å². The van der Waals surface area contributed by atoms with Crippen LogP contribution in [0.1, 0.15) is 16.3 Å². The Balaban J connectivity index is 2.54. The van der Waals surface area contributed by atoms with Crippen molar-refractivity contribution in [3.8, 4) is 0 Å². The summed E-state index contributed by atoms with van der Waals surface area (Å²) in [7, 11) is 0. The Labute approximate surface area is 83.2 Å². The van der Waals surface area contributed by atoms with Crippen LogP contribution in [0, 0.1) is 0 Å². The maximum absolute atomic E-state index is 11.7. The molecule has 0 spiro atoms. The van der Waals surface area contributed by atoms with E-state index in [0.29, 0.717) is 5.76 Å². The molecule has 0 bridgehead atoms. The molecule has 0 aliphatic carbocycles. The normalized spacial score (nSPS) is 11.5. The van der Waals surface area contributed by atoms with Gasteiger partial charge in [0.15, 0.2) is 5.76 Å². The minimum atomic E-state index is -4.43. The molecule has 1 amide bonds. The fourth-order valence-corrected chi connectivity index (χ4v) is 0.877. The van der Waals surface area contributed by atoms with E-state index in [0.717, 1.165) is 0 Å². The molecule has 4 nitrogen and oxygen atoms in total. The number of carbonyl (C=O) groups excluding carboxylic acids is 1. The molecule has 0 saturated carbocycles. The summed E-state index contributed by atoms with van der Waals surface area (Å²) in [4.78, 5) is 11.1. The van der Waals surface area contributed by atoms with Crippen LogP contribution in [-0.2, 0) is 6.54 Å². The highest BCUT2D eigenvalue weighted by Crippen LogP contribution is 2.13. The second kappa shape index (κ2) is 4.35. The van der Waals surface area contributed by atoms with Crippen LogP contribution < -0.4 is 11.1 Å². The Morgan fingerprint density at radius 1 is 1.47 bits per heavy atom. The molecule has 1 aromatic rings. The zero-order valence-corrected chi connectivity index (χ0v) is 7.60. The van der Waals surface area contributed by atoms with Crippen molar-refractivity contribution in [2.75, 3.05) is 6.54 Å². The molecular weight excluding hydrogens is 213 g/mol. The van der Waals surface area contributed by atoms with E-state index in [1.807, 2.05) is 0 Å². The summed E-state index contributed by atoms with van der Waals surface area (Å²) in [6.07, 6.45) is -4.43. The largest absolute Gasteiger partial charge is 0.455 e. The summed E-state index contributed by atoms with van der Waals surface area (Å²) in [6.45, 7) is -1.29. The second-order valence-electron chi connectivity index (χ2n) is 2.77. The van der Waals surface area contributed by atoms with E-state index >= 15 is 0 Å². The first-order chi connectivity index (χ1) is 6.92. The molecule has 0 fully saturated rings. The lowest BCUT2D eigenvalue weighted by Gasteiger charge is -2.06. The third kappa shape index (κ3) is 3.62. The van der Waals surface area contributed by atoms with Gasteiger partial charge in [0.25, 0.3) is 5.91 Å². The number of hydrogen-bond donors (Lipinski definition) is 2. The number of rotatable bonds is 3. The van der Waals surface area contributed by atoms with Gasteiger partial charge in [-0.25, -0.2) is 0 Å². The quantitative estimate of drug-likeness (QED) is 0.802. The Hall–Kier alpha value is -1.50. The lowest BCUT2D eigenvalue weighted by molar-refractivity contribution is -0.123. The van der Waals surface area contributed by atoms with Crippen LogP contribution in [0.5, 0.6) is 0 Å². The van der Waals surface area contributed by atoms with Crippen LogP contribution in [0.25, 0.3) is 0 Å². The number of carbonyl (C=O) groups is 1. The average molecular weight is 222 g/mol. The third-order valence-corrected chi connectivity index (χ3v) is 1.54. The van der Waals surface area contributed by atoms with Gasteiger partial charge in [-0.05, 0) is 12.1 Å². The van der Waals surface area contributed by atoms with Gasteiger partial charge in [-0.2, -0.15) is 13.2 Å². The molecule has 0 unspecified atom stereocenters. The molecule has 0 aromatic carbocycles. The maximum atomic E-state index is 11.7. The van der Waals surface area contributed by atoms with E-state index in [1.54, 1.807) is 5.32 Å². The summed E-state index contributed by atoms with van der Waals surface area (Å²) in [5.41, 5.74) is 5.20. The van der Waals surface area contributed by atoms with Crippen molar-refractivity contribution in [1.29, 1.82) is 0 Å². The zero-order chi connectivity index (χ0) is 11.5. The van der Waals surface area contributed by atoms with E-state index in [4.69, 9.17) is 10.2 Å². The van der Waals surface area contributed by atoms with Crippen molar-refractivity contribution in [2.24, 2.45) is 5.73 Å². The lowest BCUT2D eigenvalue weighted by Crippen LogP contribution is -2.33. The molecule has 0 atom stereocenters. The Morgan fingerprint density at radius 3 is 2.60 bits per heavy atom. The summed E-state index contributed by atoms with van der Waals surface area (Å²) < 4.78 is 40.1. The minimum absolute atomic E-state index is 0.0898. The van der Waals surface area contributed by atoms with E-state index in [1.165, 1.54) is 12.1 Å². The molecule has 1 rings (SSSR count). The number of amides is 1. The zero-order valence-electron chi connectivity index (χ0n) is 7.60. The number of hydrogen-bond acceptors (Lipinski definition) is 3. The molecule has 1 aromatic heterocycles. The predicted octanol–water partition coefficient (Wildman–Crippen LogP) is 1.03. The van der Waals surface area contributed by atoms with Gasteiger partial charge >= 0.3 is 6.18 Å². The Bertz CT molecular complexity index is 346. The molecule has 3 N–H and O–H groups in total. The standard InChI is InChI=1S/C8H9F3N2O2/c9-8(10,11)4-13-7(14)6-2-1-5(3-12)15-6/h1-2H,3-4,12H2,(H,13,14). The summed E-state index contributed by atoms with van der Waals surface area (Å²) in [6, 6.07) is 2.70. The monoisotopic (exact) mass is 222 g/mol. The average Bonchev–Trinajstić information content (AvgIpc) is 2.61. The number of furan rings is 1. The molecule has 1 heterocycles. The van der Waals surface area contributed by atoms with E-state index in [2.05, 4.69) is 0 Å². The van der Waals surface area contributed by atoms with Gasteiger partial charge in [0.05, 0.1) is 6.54 Å².